The van der Waals surface area contributed by atoms with E-state index in [-0.39, 0.29) is 18.4 Å². The van der Waals surface area contributed by atoms with Gasteiger partial charge in [-0.3, -0.25) is 4.79 Å². The molecule has 0 aliphatic carbocycles. The van der Waals surface area contributed by atoms with Gasteiger partial charge in [0.05, 0.1) is 19.8 Å². The predicted molar refractivity (Wildman–Crippen MR) is 130 cm³/mol. The van der Waals surface area contributed by atoms with Gasteiger partial charge in [0, 0.05) is 39.8 Å². The maximum absolute atomic E-state index is 12.2. The van der Waals surface area contributed by atoms with Crippen LogP contribution >= 0.6 is 0 Å². The zero-order chi connectivity index (χ0) is 25.0. The Morgan fingerprint density at radius 3 is 2.42 bits per heavy atom. The topological polar surface area (TPSA) is 112 Å². The zero-order valence-electron chi connectivity index (χ0n) is 21.3. The zero-order valence-corrected chi connectivity index (χ0v) is 21.3. The van der Waals surface area contributed by atoms with E-state index in [1.807, 2.05) is 18.2 Å². The molecule has 1 aromatic rings. The molecular weight excluding hydrogens is 424 g/mol. The largest absolute Gasteiger partial charge is 0.493 e. The minimum atomic E-state index is -0.956. The quantitative estimate of drug-likeness (QED) is 0.320. The van der Waals surface area contributed by atoms with Crippen LogP contribution in [0.15, 0.2) is 18.2 Å². The minimum absolute atomic E-state index is 0.0829. The fraction of sp³-hybridized carbons (Fsp3) is 0.720. The lowest BCUT2D eigenvalue weighted by Gasteiger charge is -2.28. The molecule has 0 saturated heterocycles. The number of hydrogen-bond donors (Lipinski definition) is 3. The van der Waals surface area contributed by atoms with Gasteiger partial charge in [-0.15, -0.1) is 0 Å². The second-order valence-electron chi connectivity index (χ2n) is 9.28. The molecule has 3 atom stereocenters. The summed E-state index contributed by atoms with van der Waals surface area (Å²) in [7, 11) is 4.77. The van der Waals surface area contributed by atoms with Gasteiger partial charge in [0.1, 0.15) is 5.60 Å². The molecule has 190 valence electrons. The van der Waals surface area contributed by atoms with Crippen LogP contribution in [0.25, 0.3) is 0 Å². The molecule has 1 rings (SSSR count). The number of ether oxygens (including phenoxy) is 4. The van der Waals surface area contributed by atoms with Crippen molar-refractivity contribution in [3.8, 4) is 11.5 Å². The highest BCUT2D eigenvalue weighted by Gasteiger charge is 2.29. The summed E-state index contributed by atoms with van der Waals surface area (Å²) in [6, 6.07) is 5.49. The van der Waals surface area contributed by atoms with E-state index in [4.69, 9.17) is 24.7 Å². The van der Waals surface area contributed by atoms with Gasteiger partial charge in [-0.05, 0) is 56.2 Å². The molecule has 8 heteroatoms. The van der Waals surface area contributed by atoms with Gasteiger partial charge in [0.15, 0.2) is 11.5 Å². The Morgan fingerprint density at radius 2 is 1.85 bits per heavy atom. The standard InChI is InChI=1S/C25H44N2O6/c1-17(2)19(15-20(26)21(28)16-27-24(29)25(3,4)32-7)13-18-9-10-22(31-6)23(14-18)33-12-8-11-30-5/h9-10,14,17,19-21,28H,8,11-13,15-16,26H2,1-7H3,(H,27,29)/t19-,20-,21-/m0/s1. The van der Waals surface area contributed by atoms with E-state index in [1.165, 1.54) is 7.11 Å². The molecule has 8 nitrogen and oxygen atoms in total. The minimum Gasteiger partial charge on any atom is -0.493 e. The van der Waals surface area contributed by atoms with Crippen LogP contribution in [0, 0.1) is 11.8 Å². The third-order valence-electron chi connectivity index (χ3n) is 6.02. The Morgan fingerprint density at radius 1 is 1.15 bits per heavy atom. The summed E-state index contributed by atoms with van der Waals surface area (Å²) in [5.41, 5.74) is 6.48. The molecule has 0 aliphatic heterocycles. The Kier molecular flexibility index (Phi) is 12.7. The van der Waals surface area contributed by atoms with E-state index < -0.39 is 17.7 Å². The van der Waals surface area contributed by atoms with Crippen molar-refractivity contribution in [1.29, 1.82) is 0 Å². The number of hydrogen-bond acceptors (Lipinski definition) is 7. The van der Waals surface area contributed by atoms with Crippen molar-refractivity contribution in [2.45, 2.75) is 64.7 Å². The number of nitrogens with two attached hydrogens (primary N) is 1. The number of amides is 1. The SMILES string of the molecule is COCCCOc1cc(C[C@@H](C[C@H](N)[C@@H](O)CNC(=O)C(C)(C)OC)C(C)C)ccc1OC. The van der Waals surface area contributed by atoms with E-state index in [9.17, 15) is 9.90 Å². The Labute approximate surface area is 199 Å². The fourth-order valence-corrected chi connectivity index (χ4v) is 3.40. The first kappa shape index (κ1) is 29.2. The first-order chi connectivity index (χ1) is 15.5. The van der Waals surface area contributed by atoms with Crippen molar-refractivity contribution in [1.82, 2.24) is 5.32 Å². The summed E-state index contributed by atoms with van der Waals surface area (Å²) in [5.74, 6) is 1.72. The summed E-state index contributed by atoms with van der Waals surface area (Å²) in [4.78, 5) is 12.2. The lowest BCUT2D eigenvalue weighted by molar-refractivity contribution is -0.140. The second-order valence-corrected chi connectivity index (χ2v) is 9.28. The summed E-state index contributed by atoms with van der Waals surface area (Å²) in [6.45, 7) is 8.92. The van der Waals surface area contributed by atoms with Crippen molar-refractivity contribution >= 4 is 5.91 Å². The van der Waals surface area contributed by atoms with Crippen molar-refractivity contribution < 1.29 is 28.8 Å². The molecule has 0 unspecified atom stereocenters. The summed E-state index contributed by atoms with van der Waals surface area (Å²) >= 11 is 0. The maximum atomic E-state index is 12.2. The summed E-state index contributed by atoms with van der Waals surface area (Å²) in [5, 5.41) is 13.2. The number of carbonyl (C=O) groups excluding carboxylic acids is 1. The molecular formula is C25H44N2O6. The number of aliphatic hydroxyl groups is 1. The molecule has 4 N–H and O–H groups in total. The highest BCUT2D eigenvalue weighted by molar-refractivity contribution is 5.84. The van der Waals surface area contributed by atoms with E-state index in [2.05, 4.69) is 19.2 Å². The van der Waals surface area contributed by atoms with Gasteiger partial charge in [-0.2, -0.15) is 0 Å². The molecule has 0 spiro atoms. The van der Waals surface area contributed by atoms with E-state index in [1.54, 1.807) is 28.1 Å². The van der Waals surface area contributed by atoms with Crippen LogP contribution < -0.4 is 20.5 Å². The van der Waals surface area contributed by atoms with Crippen molar-refractivity contribution in [3.63, 3.8) is 0 Å². The molecule has 0 heterocycles. The van der Waals surface area contributed by atoms with Crippen LogP contribution in [0.1, 0.15) is 46.1 Å². The number of rotatable bonds is 16. The van der Waals surface area contributed by atoms with Gasteiger partial charge in [-0.1, -0.05) is 19.9 Å². The van der Waals surface area contributed by atoms with Gasteiger partial charge < -0.3 is 35.1 Å². The van der Waals surface area contributed by atoms with Crippen LogP contribution in [0.2, 0.25) is 0 Å². The van der Waals surface area contributed by atoms with E-state index in [0.717, 1.165) is 18.4 Å². The third-order valence-corrected chi connectivity index (χ3v) is 6.02. The monoisotopic (exact) mass is 468 g/mol. The maximum Gasteiger partial charge on any atom is 0.251 e. The molecule has 33 heavy (non-hydrogen) atoms. The average molecular weight is 469 g/mol. The Balaban J connectivity index is 2.76. The van der Waals surface area contributed by atoms with Gasteiger partial charge in [0.2, 0.25) is 0 Å². The molecule has 0 fully saturated rings. The number of nitrogens with one attached hydrogen (secondary N) is 1. The van der Waals surface area contributed by atoms with Crippen molar-refractivity contribution in [3.05, 3.63) is 23.8 Å². The highest BCUT2D eigenvalue weighted by Crippen LogP contribution is 2.31. The fourth-order valence-electron chi connectivity index (χ4n) is 3.40. The number of carbonyl (C=O) groups is 1. The summed E-state index contributed by atoms with van der Waals surface area (Å²) < 4.78 is 21.6. The average Bonchev–Trinajstić information content (AvgIpc) is 2.79. The normalized spacial score (nSPS) is 14.6. The van der Waals surface area contributed by atoms with Crippen LogP contribution in [0.5, 0.6) is 11.5 Å². The molecule has 1 amide bonds. The second kappa shape index (κ2) is 14.4. The van der Waals surface area contributed by atoms with Crippen LogP contribution in [0.4, 0.5) is 0 Å². The van der Waals surface area contributed by atoms with Gasteiger partial charge in [-0.25, -0.2) is 0 Å². The van der Waals surface area contributed by atoms with Crippen molar-refractivity contribution in [2.75, 3.05) is 41.1 Å². The molecule has 0 radical (unpaired) electrons. The van der Waals surface area contributed by atoms with Gasteiger partial charge in [0.25, 0.3) is 5.91 Å². The van der Waals surface area contributed by atoms with Crippen LogP contribution in [-0.2, 0) is 20.7 Å². The first-order valence-corrected chi connectivity index (χ1v) is 11.6. The summed E-state index contributed by atoms with van der Waals surface area (Å²) in [6.07, 6.45) is 1.36. The van der Waals surface area contributed by atoms with E-state index >= 15 is 0 Å². The molecule has 1 aromatic carbocycles. The lowest BCUT2D eigenvalue weighted by Crippen LogP contribution is -2.50. The first-order valence-electron chi connectivity index (χ1n) is 11.6. The third kappa shape index (κ3) is 9.88. The number of methoxy groups -OCH3 is 3. The smallest absolute Gasteiger partial charge is 0.251 e. The lowest BCUT2D eigenvalue weighted by atomic mass is 9.83. The van der Waals surface area contributed by atoms with Crippen LogP contribution in [-0.4, -0.2) is 69.8 Å². The van der Waals surface area contributed by atoms with Crippen LogP contribution in [0.3, 0.4) is 0 Å². The Hall–Kier alpha value is -1.87. The predicted octanol–water partition coefficient (Wildman–Crippen LogP) is 2.54. The molecule has 0 aromatic heterocycles. The van der Waals surface area contributed by atoms with Gasteiger partial charge >= 0.3 is 0 Å². The Bertz CT molecular complexity index is 710. The molecule has 0 aliphatic rings. The highest BCUT2D eigenvalue weighted by atomic mass is 16.5. The van der Waals surface area contributed by atoms with E-state index in [0.29, 0.717) is 37.1 Å². The molecule has 0 bridgehead atoms. The molecule has 0 saturated carbocycles. The van der Waals surface area contributed by atoms with Crippen molar-refractivity contribution in [2.24, 2.45) is 17.6 Å². The number of aliphatic hydroxyl groups excluding tert-OH is 1. The number of benzene rings is 1.